The Morgan fingerprint density at radius 1 is 0.805 bits per heavy atom. The predicted molar refractivity (Wildman–Crippen MR) is 133 cm³/mol. The molecule has 0 atom stereocenters. The van der Waals surface area contributed by atoms with Crippen molar-refractivity contribution in [1.29, 1.82) is 0 Å². The number of fused-ring (bicyclic) bond motifs is 1. The first-order valence-electron chi connectivity index (χ1n) is 11.7. The second-order valence-electron chi connectivity index (χ2n) is 9.10. The number of hydrogen-bond acceptors (Lipinski definition) is 8. The Bertz CT molecular complexity index is 1570. The third-order valence-electron chi connectivity index (χ3n) is 6.76. The van der Waals surface area contributed by atoms with Crippen LogP contribution in [0.4, 0.5) is 37.0 Å². The van der Waals surface area contributed by atoms with Crippen LogP contribution >= 0.6 is 11.3 Å². The number of aliphatic hydroxyl groups is 1. The van der Waals surface area contributed by atoms with E-state index in [0.717, 1.165) is 27.5 Å². The van der Waals surface area contributed by atoms with Crippen molar-refractivity contribution >= 4 is 43.9 Å². The van der Waals surface area contributed by atoms with E-state index >= 15 is 0 Å². The molecule has 0 bridgehead atoms. The lowest BCUT2D eigenvalue weighted by Crippen LogP contribution is -2.54. The standard InChI is InChI=1S/C24H18F6N4O5S2/c25-23(26,27)22(37,24(28,29)30)14-5-7-15(8-6-14)32-9-11-33(12-10-32)41(38,39)21-31-13-18(40-21)34-19(35)16-3-1-2-4-17(16)20(34)36/h1-8,13,37H,9-12H2. The third-order valence-corrected chi connectivity index (χ3v) is 10.0. The van der Waals surface area contributed by atoms with Crippen LogP contribution in [-0.4, -0.2) is 73.2 Å². The number of carbonyl (C=O) groups is 2. The van der Waals surface area contributed by atoms with Gasteiger partial charge < -0.3 is 10.0 Å². The lowest BCUT2D eigenvalue weighted by molar-refractivity contribution is -0.376. The molecule has 2 aliphatic rings. The number of rotatable bonds is 5. The molecule has 1 N–H and O–H groups in total. The molecule has 0 spiro atoms. The number of aromatic nitrogens is 1. The second kappa shape index (κ2) is 9.78. The van der Waals surface area contributed by atoms with Crippen LogP contribution in [-0.2, 0) is 15.6 Å². The third kappa shape index (κ3) is 4.65. The monoisotopic (exact) mass is 620 g/mol. The van der Waals surface area contributed by atoms with Gasteiger partial charge in [-0.25, -0.2) is 18.3 Å². The van der Waals surface area contributed by atoms with Gasteiger partial charge in [0.1, 0.15) is 5.00 Å². The maximum atomic E-state index is 13.2. The minimum Gasteiger partial charge on any atom is -0.369 e. The van der Waals surface area contributed by atoms with E-state index in [0.29, 0.717) is 23.5 Å². The fourth-order valence-corrected chi connectivity index (χ4v) is 7.25. The number of nitrogens with zero attached hydrogens (tertiary/aromatic N) is 4. The van der Waals surface area contributed by atoms with E-state index in [1.54, 1.807) is 17.0 Å². The number of piperazine rings is 1. The highest BCUT2D eigenvalue weighted by molar-refractivity contribution is 7.91. The van der Waals surface area contributed by atoms with Gasteiger partial charge in [-0.2, -0.15) is 30.6 Å². The van der Waals surface area contributed by atoms with Crippen molar-refractivity contribution in [1.82, 2.24) is 9.29 Å². The van der Waals surface area contributed by atoms with E-state index in [2.05, 4.69) is 4.98 Å². The Kier molecular flexibility index (Phi) is 6.91. The molecule has 1 saturated heterocycles. The summed E-state index contributed by atoms with van der Waals surface area (Å²) >= 11 is 0.636. The van der Waals surface area contributed by atoms with Crippen LogP contribution < -0.4 is 9.80 Å². The summed E-state index contributed by atoms with van der Waals surface area (Å²) in [4.78, 5) is 31.7. The maximum Gasteiger partial charge on any atom is 0.430 e. The Morgan fingerprint density at radius 3 is 1.80 bits per heavy atom. The molecule has 0 saturated carbocycles. The van der Waals surface area contributed by atoms with Crippen LogP contribution in [0.3, 0.4) is 0 Å². The number of amides is 2. The van der Waals surface area contributed by atoms with Crippen molar-refractivity contribution in [3.05, 3.63) is 71.4 Å². The normalized spacial score (nSPS) is 17.3. The van der Waals surface area contributed by atoms with Gasteiger partial charge in [0.05, 0.1) is 17.3 Å². The van der Waals surface area contributed by atoms with Gasteiger partial charge in [0.25, 0.3) is 27.4 Å². The summed E-state index contributed by atoms with van der Waals surface area (Å²) in [5.41, 5.74) is -5.87. The van der Waals surface area contributed by atoms with Crippen molar-refractivity contribution < 1.29 is 49.5 Å². The number of anilines is 2. The van der Waals surface area contributed by atoms with E-state index in [-0.39, 0.29) is 52.3 Å². The van der Waals surface area contributed by atoms with E-state index in [1.165, 1.54) is 12.1 Å². The van der Waals surface area contributed by atoms with Crippen LogP contribution in [0.1, 0.15) is 26.3 Å². The lowest BCUT2D eigenvalue weighted by Gasteiger charge is -2.36. The maximum absolute atomic E-state index is 13.2. The molecule has 2 aliphatic heterocycles. The molecule has 41 heavy (non-hydrogen) atoms. The van der Waals surface area contributed by atoms with Crippen molar-refractivity contribution in [2.75, 3.05) is 36.0 Å². The zero-order valence-electron chi connectivity index (χ0n) is 20.5. The van der Waals surface area contributed by atoms with Gasteiger partial charge in [0.2, 0.25) is 4.34 Å². The fraction of sp³-hybridized carbons (Fsp3) is 0.292. The lowest BCUT2D eigenvalue weighted by atomic mass is 9.92. The Balaban J connectivity index is 1.28. The number of benzene rings is 2. The highest BCUT2D eigenvalue weighted by atomic mass is 32.2. The van der Waals surface area contributed by atoms with Crippen LogP contribution in [0.15, 0.2) is 59.1 Å². The van der Waals surface area contributed by atoms with E-state index < -0.39 is 45.4 Å². The average Bonchev–Trinajstić information content (AvgIpc) is 3.51. The second-order valence-corrected chi connectivity index (χ2v) is 12.2. The molecule has 9 nitrogen and oxygen atoms in total. The first-order chi connectivity index (χ1) is 19.1. The van der Waals surface area contributed by atoms with E-state index in [9.17, 15) is 49.5 Å². The summed E-state index contributed by atoms with van der Waals surface area (Å²) in [6.45, 7) is -0.113. The number of alkyl halides is 6. The van der Waals surface area contributed by atoms with Gasteiger partial charge >= 0.3 is 12.4 Å². The molecule has 218 valence electrons. The highest BCUT2D eigenvalue weighted by Gasteiger charge is 2.71. The Labute approximate surface area is 232 Å². The number of carbonyl (C=O) groups excluding carboxylic acids is 2. The summed E-state index contributed by atoms with van der Waals surface area (Å²) < 4.78 is 106. The number of sulfonamides is 1. The number of imide groups is 1. The first-order valence-corrected chi connectivity index (χ1v) is 14.0. The van der Waals surface area contributed by atoms with Crippen molar-refractivity contribution in [3.8, 4) is 0 Å². The molecular weight excluding hydrogens is 602 g/mol. The molecule has 0 aliphatic carbocycles. The van der Waals surface area contributed by atoms with Gasteiger partial charge in [-0.3, -0.25) is 9.59 Å². The Hall–Kier alpha value is -3.54. The summed E-state index contributed by atoms with van der Waals surface area (Å²) in [6.07, 6.45) is -10.9. The fourth-order valence-electron chi connectivity index (χ4n) is 4.56. The molecule has 3 heterocycles. The van der Waals surface area contributed by atoms with Crippen molar-refractivity contribution in [3.63, 3.8) is 0 Å². The van der Waals surface area contributed by atoms with Crippen LogP contribution in [0.2, 0.25) is 0 Å². The van der Waals surface area contributed by atoms with E-state index in [1.807, 2.05) is 0 Å². The molecule has 1 fully saturated rings. The zero-order chi connectivity index (χ0) is 30.0. The molecule has 1 aromatic heterocycles. The van der Waals surface area contributed by atoms with Gasteiger partial charge in [0.15, 0.2) is 0 Å². The zero-order valence-corrected chi connectivity index (χ0v) is 22.1. The van der Waals surface area contributed by atoms with Gasteiger partial charge in [-0.05, 0) is 24.3 Å². The predicted octanol–water partition coefficient (Wildman–Crippen LogP) is 3.77. The molecule has 17 heteroatoms. The van der Waals surface area contributed by atoms with Crippen molar-refractivity contribution in [2.45, 2.75) is 22.3 Å². The molecular formula is C24H18F6N4O5S2. The van der Waals surface area contributed by atoms with Gasteiger partial charge in [0, 0.05) is 37.4 Å². The highest BCUT2D eigenvalue weighted by Crippen LogP contribution is 2.50. The molecule has 2 amide bonds. The van der Waals surface area contributed by atoms with Crippen molar-refractivity contribution in [2.24, 2.45) is 0 Å². The Morgan fingerprint density at radius 2 is 1.32 bits per heavy atom. The van der Waals surface area contributed by atoms with Crippen LogP contribution in [0, 0.1) is 0 Å². The average molecular weight is 621 g/mol. The minimum atomic E-state index is -6.01. The summed E-state index contributed by atoms with van der Waals surface area (Å²) in [7, 11) is -4.16. The van der Waals surface area contributed by atoms with Gasteiger partial charge in [-0.15, -0.1) is 0 Å². The SMILES string of the molecule is O=C1c2ccccc2C(=O)N1c1cnc(S(=O)(=O)N2CCN(c3ccc(C(O)(C(F)(F)F)C(F)(F)F)cc3)CC2)s1. The summed E-state index contributed by atoms with van der Waals surface area (Å²) in [6, 6.07) is 9.16. The number of halogens is 6. The smallest absolute Gasteiger partial charge is 0.369 e. The number of thiazole rings is 1. The van der Waals surface area contributed by atoms with E-state index in [4.69, 9.17) is 0 Å². The molecule has 0 unspecified atom stereocenters. The first kappa shape index (κ1) is 29.0. The molecule has 0 radical (unpaired) electrons. The van der Waals surface area contributed by atoms with Crippen LogP contribution in [0.5, 0.6) is 0 Å². The van der Waals surface area contributed by atoms with Crippen LogP contribution in [0.25, 0.3) is 0 Å². The largest absolute Gasteiger partial charge is 0.430 e. The molecule has 3 aromatic rings. The number of hydrogen-bond donors (Lipinski definition) is 1. The minimum absolute atomic E-state index is 0.0196. The molecule has 5 rings (SSSR count). The topological polar surface area (TPSA) is 111 Å². The summed E-state index contributed by atoms with van der Waals surface area (Å²) in [5.74, 6) is -1.22. The van der Waals surface area contributed by atoms with Gasteiger partial charge in [-0.1, -0.05) is 35.6 Å². The summed E-state index contributed by atoms with van der Waals surface area (Å²) in [5, 5.41) is 9.57. The molecule has 2 aromatic carbocycles. The quantitative estimate of drug-likeness (QED) is 0.342.